The summed E-state index contributed by atoms with van der Waals surface area (Å²) in [6.45, 7) is 0.0526. The minimum Gasteiger partial charge on any atom is -0.492 e. The van der Waals surface area contributed by atoms with Gasteiger partial charge in [0, 0.05) is 18.0 Å². The number of rotatable bonds is 6. The molecule has 1 aromatic heterocycles. The molecule has 10 heteroatoms. The lowest BCUT2D eigenvalue weighted by molar-refractivity contribution is 0.0946. The summed E-state index contributed by atoms with van der Waals surface area (Å²) in [5.74, 6) is -0.379. The third-order valence-electron chi connectivity index (χ3n) is 2.87. The Morgan fingerprint density at radius 1 is 1.00 bits per heavy atom. The number of pyridine rings is 1. The molecule has 0 radical (unpaired) electrons. The Morgan fingerprint density at radius 2 is 1.58 bits per heavy atom. The predicted octanol–water partition coefficient (Wildman–Crippen LogP) is 4.55. The highest BCUT2D eigenvalue weighted by atomic mass is 32.5. The molecule has 0 fully saturated rings. The minimum absolute atomic E-state index is 0.0150. The SMILES string of the molecule is O=C(NCCOc1ccc(S(F)(F)(F)(F)F)cc1)c1ccncc1. The van der Waals surface area contributed by atoms with Crippen molar-refractivity contribution in [2.24, 2.45) is 0 Å². The highest BCUT2D eigenvalue weighted by Gasteiger charge is 2.65. The zero-order valence-corrected chi connectivity index (χ0v) is 12.9. The van der Waals surface area contributed by atoms with Crippen molar-refractivity contribution in [1.29, 1.82) is 0 Å². The number of nitrogens with one attached hydrogen (secondary N) is 1. The van der Waals surface area contributed by atoms with Crippen molar-refractivity contribution in [1.82, 2.24) is 10.3 Å². The number of hydrogen-bond donors (Lipinski definition) is 1. The fourth-order valence-electron chi connectivity index (χ4n) is 1.73. The summed E-state index contributed by atoms with van der Waals surface area (Å²) in [6.07, 6.45) is 2.90. The summed E-state index contributed by atoms with van der Waals surface area (Å²) in [7, 11) is -9.67. The molecule has 0 aliphatic carbocycles. The van der Waals surface area contributed by atoms with Crippen LogP contribution in [0.4, 0.5) is 19.4 Å². The maximum atomic E-state index is 12.5. The number of benzene rings is 1. The van der Waals surface area contributed by atoms with Gasteiger partial charge in [-0.15, -0.1) is 0 Å². The van der Waals surface area contributed by atoms with Gasteiger partial charge in [-0.3, -0.25) is 9.78 Å². The maximum Gasteiger partial charge on any atom is 0.310 e. The molecule has 2 rings (SSSR count). The lowest BCUT2D eigenvalue weighted by Crippen LogP contribution is -2.28. The molecule has 1 amide bonds. The normalized spacial score (nSPS) is 14.4. The van der Waals surface area contributed by atoms with Crippen LogP contribution in [0.15, 0.2) is 53.7 Å². The Morgan fingerprint density at radius 3 is 2.12 bits per heavy atom. The zero-order valence-electron chi connectivity index (χ0n) is 12.1. The summed E-state index contributed by atoms with van der Waals surface area (Å²) in [6, 6.07) is 5.17. The van der Waals surface area contributed by atoms with Gasteiger partial charge in [0.25, 0.3) is 5.91 Å². The zero-order chi connectivity index (χ0) is 17.9. The van der Waals surface area contributed by atoms with Crippen molar-refractivity contribution >= 4 is 16.1 Å². The van der Waals surface area contributed by atoms with Gasteiger partial charge in [-0.2, -0.15) is 0 Å². The van der Waals surface area contributed by atoms with Crippen molar-refractivity contribution in [2.45, 2.75) is 4.90 Å². The highest BCUT2D eigenvalue weighted by Crippen LogP contribution is 3.02. The Kier molecular flexibility index (Phi) is 4.21. The first-order valence-electron chi connectivity index (χ1n) is 6.61. The number of amides is 1. The van der Waals surface area contributed by atoms with E-state index in [-0.39, 0.29) is 36.9 Å². The molecule has 0 aliphatic heterocycles. The summed E-state index contributed by atoms with van der Waals surface area (Å²) >= 11 is 0. The first kappa shape index (κ1) is 18.0. The minimum atomic E-state index is -9.67. The molecule has 1 heterocycles. The van der Waals surface area contributed by atoms with E-state index in [0.29, 0.717) is 5.56 Å². The Hall–Kier alpha value is -2.36. The monoisotopic (exact) mass is 368 g/mol. The quantitative estimate of drug-likeness (QED) is 0.601. The van der Waals surface area contributed by atoms with Crippen LogP contribution >= 0.6 is 10.2 Å². The number of ether oxygens (including phenoxy) is 1. The van der Waals surface area contributed by atoms with E-state index in [4.69, 9.17) is 4.74 Å². The summed E-state index contributed by atoms with van der Waals surface area (Å²) in [5, 5.41) is 2.53. The first-order chi connectivity index (χ1) is 11.0. The molecule has 0 saturated heterocycles. The van der Waals surface area contributed by atoms with Crippen molar-refractivity contribution in [2.75, 3.05) is 13.2 Å². The molecule has 0 unspecified atom stereocenters. The van der Waals surface area contributed by atoms with Gasteiger partial charge in [-0.1, -0.05) is 19.4 Å². The Balaban J connectivity index is 1.85. The van der Waals surface area contributed by atoms with E-state index in [1.165, 1.54) is 24.5 Å². The number of hydrogen-bond acceptors (Lipinski definition) is 3. The second-order valence-corrected chi connectivity index (χ2v) is 7.19. The molecule has 2 aromatic rings. The Labute approximate surface area is 134 Å². The van der Waals surface area contributed by atoms with Gasteiger partial charge < -0.3 is 10.1 Å². The van der Waals surface area contributed by atoms with Crippen LogP contribution < -0.4 is 10.1 Å². The number of carbonyl (C=O) groups is 1. The summed E-state index contributed by atoms with van der Waals surface area (Å²) in [4.78, 5) is 13.5. The molecule has 1 aromatic carbocycles. The number of nitrogens with zero attached hydrogens (tertiary/aromatic N) is 1. The van der Waals surface area contributed by atoms with Crippen molar-refractivity contribution in [3.05, 3.63) is 54.4 Å². The van der Waals surface area contributed by atoms with Crippen molar-refractivity contribution < 1.29 is 29.0 Å². The van der Waals surface area contributed by atoms with Gasteiger partial charge in [0.05, 0.1) is 6.54 Å². The van der Waals surface area contributed by atoms with Crippen LogP contribution in [0.5, 0.6) is 5.75 Å². The van der Waals surface area contributed by atoms with E-state index in [0.717, 1.165) is 12.1 Å². The molecule has 0 aliphatic rings. The van der Waals surface area contributed by atoms with Gasteiger partial charge in [-0.25, -0.2) is 0 Å². The molecule has 0 atom stereocenters. The lowest BCUT2D eigenvalue weighted by atomic mass is 10.2. The third kappa shape index (κ3) is 5.08. The standard InChI is InChI=1S/C14H13F5N2O2S/c15-24(16,17,18,19)13-3-1-12(2-4-13)23-10-9-21-14(22)11-5-7-20-8-6-11/h1-8H,9-10H2,(H,21,22). The first-order valence-corrected chi connectivity index (χ1v) is 8.56. The van der Waals surface area contributed by atoms with Crippen LogP contribution in [-0.4, -0.2) is 24.0 Å². The van der Waals surface area contributed by atoms with E-state index in [1.54, 1.807) is 0 Å². The van der Waals surface area contributed by atoms with E-state index in [2.05, 4.69) is 10.3 Å². The van der Waals surface area contributed by atoms with Crippen molar-refractivity contribution in [3.63, 3.8) is 0 Å². The van der Waals surface area contributed by atoms with Crippen molar-refractivity contribution in [3.8, 4) is 5.75 Å². The summed E-state index contributed by atoms with van der Waals surface area (Å²) in [5.41, 5.74) is 0.394. The molecule has 24 heavy (non-hydrogen) atoms. The maximum absolute atomic E-state index is 12.5. The van der Waals surface area contributed by atoms with Gasteiger partial charge in [-0.05, 0) is 36.4 Å². The number of carbonyl (C=O) groups excluding carboxylic acids is 1. The molecule has 0 spiro atoms. The molecule has 0 bridgehead atoms. The number of halogens is 5. The fraction of sp³-hybridized carbons (Fsp3) is 0.143. The predicted molar refractivity (Wildman–Crippen MR) is 79.9 cm³/mol. The molecule has 132 valence electrons. The van der Waals surface area contributed by atoms with E-state index in [1.807, 2.05) is 0 Å². The molecule has 1 N–H and O–H groups in total. The Bertz CT molecular complexity index is 721. The van der Waals surface area contributed by atoms with Crippen LogP contribution in [0.3, 0.4) is 0 Å². The van der Waals surface area contributed by atoms with Crippen LogP contribution in [0, 0.1) is 0 Å². The van der Waals surface area contributed by atoms with E-state index >= 15 is 0 Å². The van der Waals surface area contributed by atoms with Crippen LogP contribution in [0.25, 0.3) is 0 Å². The van der Waals surface area contributed by atoms with E-state index in [9.17, 15) is 24.2 Å². The second-order valence-electron chi connectivity index (χ2n) is 4.78. The fourth-order valence-corrected chi connectivity index (χ4v) is 2.38. The van der Waals surface area contributed by atoms with E-state index < -0.39 is 15.1 Å². The average molecular weight is 368 g/mol. The van der Waals surface area contributed by atoms with Gasteiger partial charge in [0.1, 0.15) is 17.3 Å². The van der Waals surface area contributed by atoms with Crippen LogP contribution in [0.1, 0.15) is 10.4 Å². The topological polar surface area (TPSA) is 51.2 Å². The van der Waals surface area contributed by atoms with Crippen LogP contribution in [-0.2, 0) is 0 Å². The highest BCUT2D eigenvalue weighted by molar-refractivity contribution is 8.45. The largest absolute Gasteiger partial charge is 0.492 e. The third-order valence-corrected chi connectivity index (χ3v) is 4.03. The van der Waals surface area contributed by atoms with Gasteiger partial charge in [0.2, 0.25) is 0 Å². The summed E-state index contributed by atoms with van der Waals surface area (Å²) < 4.78 is 67.8. The molecule has 4 nitrogen and oxygen atoms in total. The second kappa shape index (κ2) is 5.62. The van der Waals surface area contributed by atoms with Gasteiger partial charge in [0.15, 0.2) is 0 Å². The molecule has 0 saturated carbocycles. The molecular weight excluding hydrogens is 355 g/mol. The molecular formula is C14H13F5N2O2S. The average Bonchev–Trinajstić information content (AvgIpc) is 2.50. The lowest BCUT2D eigenvalue weighted by Gasteiger charge is -2.40. The van der Waals surface area contributed by atoms with Gasteiger partial charge >= 0.3 is 10.2 Å². The smallest absolute Gasteiger partial charge is 0.310 e. The van der Waals surface area contributed by atoms with Crippen LogP contribution in [0.2, 0.25) is 0 Å². The number of aromatic nitrogens is 1.